The van der Waals surface area contributed by atoms with E-state index in [1.807, 2.05) is 111 Å². The summed E-state index contributed by atoms with van der Waals surface area (Å²) < 4.78 is 36.0. The fourth-order valence-electron chi connectivity index (χ4n) is 5.29. The molecule has 174 valence electrons. The molecule has 5 aromatic rings. The standard InChI is InChI=1S/C30H22F2N4/c1-19-11-15-21(16-12-19)27-23-7-3-5-9-25(23)29-33-30-26-10-6-4-8-24(26)28(22-17-13-20(2)14-18-22)35(30)36(31,32)34(27)29/h3-18H,1-2H3/q+2. The molecule has 0 unspecified atom stereocenters. The second-order valence-corrected chi connectivity index (χ2v) is 9.36. The smallest absolute Gasteiger partial charge is 0.0615 e. The molecule has 0 spiro atoms. The number of aromatic nitrogens is 1. The summed E-state index contributed by atoms with van der Waals surface area (Å²) in [6, 6.07) is 30.4. The van der Waals surface area contributed by atoms with E-state index in [1.165, 1.54) is 0 Å². The summed E-state index contributed by atoms with van der Waals surface area (Å²) >= 11 is 0. The molecule has 2 aliphatic rings. The lowest BCUT2D eigenvalue weighted by Gasteiger charge is -2.18. The van der Waals surface area contributed by atoms with Crippen LogP contribution in [0.3, 0.4) is 0 Å². The van der Waals surface area contributed by atoms with E-state index in [-0.39, 0.29) is 11.7 Å². The molecular formula is C30H22F2N4+2. The first-order chi connectivity index (χ1) is 17.4. The number of aryl methyl sites for hydroxylation is 2. The minimum absolute atomic E-state index is 0.248. The van der Waals surface area contributed by atoms with Crippen molar-refractivity contribution in [3.8, 4) is 11.3 Å². The van der Waals surface area contributed by atoms with Gasteiger partial charge in [-0.3, -0.25) is 0 Å². The van der Waals surface area contributed by atoms with Crippen LogP contribution in [0.4, 0.5) is 14.8 Å². The third kappa shape index (κ3) is 2.76. The Kier molecular flexibility index (Phi) is 4.23. The van der Waals surface area contributed by atoms with Crippen LogP contribution in [0.25, 0.3) is 22.0 Å². The summed E-state index contributed by atoms with van der Waals surface area (Å²) in [7, 11) is 0. The second-order valence-electron chi connectivity index (χ2n) is 9.36. The van der Waals surface area contributed by atoms with Crippen molar-refractivity contribution in [2.24, 2.45) is 4.99 Å². The zero-order chi connectivity index (χ0) is 24.6. The van der Waals surface area contributed by atoms with Gasteiger partial charge < -0.3 is 0 Å². The number of hydrogen-bond donors (Lipinski definition) is 0. The van der Waals surface area contributed by atoms with E-state index >= 15 is 8.96 Å². The molecular weight excluding hydrogens is 454 g/mol. The first kappa shape index (κ1) is 20.9. The van der Waals surface area contributed by atoms with Crippen LogP contribution in [0.5, 0.6) is 0 Å². The Bertz CT molecular complexity index is 1760. The number of amidine groups is 1. The van der Waals surface area contributed by atoms with Crippen LogP contribution in [0, 0.1) is 13.8 Å². The Morgan fingerprint density at radius 2 is 1.22 bits per heavy atom. The number of rotatable bonds is 2. The number of fused-ring (bicyclic) bond motifs is 6. The highest BCUT2D eigenvalue weighted by Crippen LogP contribution is 2.45. The Hall–Kier alpha value is -4.42. The highest BCUT2D eigenvalue weighted by Gasteiger charge is 2.61. The number of quaternary nitrogens is 1. The maximum atomic E-state index is 16.9. The summed E-state index contributed by atoms with van der Waals surface area (Å²) in [5, 5.41) is -1.09. The molecule has 0 bridgehead atoms. The van der Waals surface area contributed by atoms with E-state index in [2.05, 4.69) is 0 Å². The molecule has 0 aliphatic carbocycles. The fourth-order valence-corrected chi connectivity index (χ4v) is 5.29. The molecule has 0 atom stereocenters. The maximum absolute atomic E-state index is 16.9. The van der Waals surface area contributed by atoms with Crippen LogP contribution < -0.4 is 5.15 Å². The first-order valence-corrected chi connectivity index (χ1v) is 11.9. The lowest BCUT2D eigenvalue weighted by Crippen LogP contribution is -2.56. The highest BCUT2D eigenvalue weighted by atomic mass is 19.4. The topological polar surface area (TPSA) is 20.3 Å². The summed E-state index contributed by atoms with van der Waals surface area (Å²) in [5.74, 6) is 0.495. The molecule has 1 aromatic heterocycles. The quantitative estimate of drug-likeness (QED) is 0.193. The van der Waals surface area contributed by atoms with Gasteiger partial charge in [-0.2, -0.15) is 0 Å². The third-order valence-corrected chi connectivity index (χ3v) is 7.01. The van der Waals surface area contributed by atoms with E-state index in [0.29, 0.717) is 33.5 Å². The van der Waals surface area contributed by atoms with Crippen molar-refractivity contribution in [3.63, 3.8) is 0 Å². The predicted octanol–water partition coefficient (Wildman–Crippen LogP) is 7.00. The van der Waals surface area contributed by atoms with Gasteiger partial charge in [-0.15, -0.1) is 0 Å². The van der Waals surface area contributed by atoms with Gasteiger partial charge in [0.15, 0.2) is 0 Å². The normalized spacial score (nSPS) is 15.5. The number of benzene rings is 4. The molecule has 3 heterocycles. The van der Waals surface area contributed by atoms with Gasteiger partial charge in [0, 0.05) is 22.1 Å². The van der Waals surface area contributed by atoms with Gasteiger partial charge in [0.2, 0.25) is 5.71 Å². The van der Waals surface area contributed by atoms with E-state index in [1.54, 1.807) is 0 Å². The molecule has 4 nitrogen and oxygen atoms in total. The first-order valence-electron chi connectivity index (χ1n) is 11.9. The van der Waals surface area contributed by atoms with Crippen molar-refractivity contribution in [3.05, 3.63) is 125 Å². The van der Waals surface area contributed by atoms with Crippen LogP contribution in [-0.2, 0) is 0 Å². The number of nitrogens with zero attached hydrogens (tertiary/aromatic N) is 4. The SMILES string of the molecule is Cc1ccc(C2=[N+]3C(=Nc4c5ccccc5c(-c5ccc(C)cc5)n4[N+]3(F)F)c3ccccc32)cc1. The van der Waals surface area contributed by atoms with Crippen molar-refractivity contribution >= 4 is 28.1 Å². The molecule has 36 heavy (non-hydrogen) atoms. The highest BCUT2D eigenvalue weighted by molar-refractivity contribution is 6.22. The fraction of sp³-hybridized carbons (Fsp3) is 0.0667. The summed E-state index contributed by atoms with van der Waals surface area (Å²) in [6.07, 6.45) is 0. The monoisotopic (exact) mass is 476 g/mol. The lowest BCUT2D eigenvalue weighted by atomic mass is 9.99. The zero-order valence-corrected chi connectivity index (χ0v) is 19.8. The summed E-state index contributed by atoms with van der Waals surface area (Å²) in [6.45, 7) is 3.97. The van der Waals surface area contributed by atoms with E-state index in [9.17, 15) is 0 Å². The molecule has 0 saturated heterocycles. The van der Waals surface area contributed by atoms with Crippen LogP contribution in [0.15, 0.2) is 102 Å². The Morgan fingerprint density at radius 3 is 1.89 bits per heavy atom. The minimum Gasteiger partial charge on any atom is -0.0615 e. The van der Waals surface area contributed by atoms with Crippen molar-refractivity contribution in [1.29, 1.82) is 0 Å². The average molecular weight is 477 g/mol. The van der Waals surface area contributed by atoms with Crippen LogP contribution in [0.2, 0.25) is 0 Å². The summed E-state index contributed by atoms with van der Waals surface area (Å²) in [5.41, 5.74) is 5.88. The van der Waals surface area contributed by atoms with Crippen molar-refractivity contribution in [2.45, 2.75) is 13.8 Å². The van der Waals surface area contributed by atoms with Gasteiger partial charge in [-0.05, 0) is 41.7 Å². The molecule has 0 N–H and O–H groups in total. The molecule has 0 radical (unpaired) electrons. The second kappa shape index (κ2) is 7.29. The number of aliphatic imine (C=N–C) groups is 1. The Morgan fingerprint density at radius 1 is 0.667 bits per heavy atom. The molecule has 0 saturated carbocycles. The predicted molar refractivity (Wildman–Crippen MR) is 139 cm³/mol. The van der Waals surface area contributed by atoms with Crippen molar-refractivity contribution in [2.75, 3.05) is 0 Å². The molecule has 2 aliphatic heterocycles. The van der Waals surface area contributed by atoms with E-state index < -0.39 is 5.15 Å². The minimum atomic E-state index is -2.52. The van der Waals surface area contributed by atoms with E-state index in [4.69, 9.17) is 4.99 Å². The third-order valence-electron chi connectivity index (χ3n) is 7.01. The van der Waals surface area contributed by atoms with Crippen LogP contribution >= 0.6 is 0 Å². The van der Waals surface area contributed by atoms with Gasteiger partial charge in [-0.25, -0.2) is 0 Å². The van der Waals surface area contributed by atoms with Gasteiger partial charge in [0.1, 0.15) is 14.7 Å². The number of hydrogen-bond acceptors (Lipinski definition) is 1. The van der Waals surface area contributed by atoms with Gasteiger partial charge in [-0.1, -0.05) is 90.0 Å². The molecule has 0 amide bonds. The summed E-state index contributed by atoms with van der Waals surface area (Å²) in [4.78, 5) is 4.92. The largest absolute Gasteiger partial charge is 0.394 e. The van der Waals surface area contributed by atoms with Crippen molar-refractivity contribution in [1.82, 2.24) is 9.82 Å². The van der Waals surface area contributed by atoms with Gasteiger partial charge in [0.25, 0.3) is 0 Å². The molecule has 6 heteroatoms. The van der Waals surface area contributed by atoms with Crippen LogP contribution in [0.1, 0.15) is 27.8 Å². The van der Waals surface area contributed by atoms with Gasteiger partial charge >= 0.3 is 16.8 Å². The Balaban J connectivity index is 1.62. The van der Waals surface area contributed by atoms with Crippen molar-refractivity contribution < 1.29 is 13.6 Å². The van der Waals surface area contributed by atoms with E-state index in [0.717, 1.165) is 31.4 Å². The maximum Gasteiger partial charge on any atom is 0.394 e. The number of halogens is 2. The molecule has 7 rings (SSSR count). The lowest BCUT2D eigenvalue weighted by molar-refractivity contribution is -0.735. The molecule has 4 aromatic carbocycles. The van der Waals surface area contributed by atoms with Gasteiger partial charge in [0.05, 0.1) is 15.6 Å². The molecule has 0 fully saturated rings. The zero-order valence-electron chi connectivity index (χ0n) is 19.8. The average Bonchev–Trinajstić information content (AvgIpc) is 3.40. The Labute approximate surface area is 206 Å². The van der Waals surface area contributed by atoms with Crippen LogP contribution in [-0.4, -0.2) is 20.9 Å².